The van der Waals surface area contributed by atoms with Gasteiger partial charge in [0.1, 0.15) is 11.5 Å². The normalized spacial score (nSPS) is 12.9. The lowest BCUT2D eigenvalue weighted by Gasteiger charge is -2.11. The van der Waals surface area contributed by atoms with Gasteiger partial charge in [-0.1, -0.05) is 6.92 Å². The molecule has 0 aliphatic heterocycles. The SMILES string of the molecule is CCc1ccc(C(NC)c2cnn(CC)c2)o1. The van der Waals surface area contributed by atoms with E-state index >= 15 is 0 Å². The fraction of sp³-hybridized carbons (Fsp3) is 0.462. The third kappa shape index (κ3) is 2.42. The molecule has 2 rings (SSSR count). The monoisotopic (exact) mass is 233 g/mol. The van der Waals surface area contributed by atoms with E-state index in [-0.39, 0.29) is 6.04 Å². The number of hydrogen-bond donors (Lipinski definition) is 1. The Morgan fingerprint density at radius 2 is 2.24 bits per heavy atom. The molecule has 4 nitrogen and oxygen atoms in total. The molecule has 0 aliphatic carbocycles. The Hall–Kier alpha value is -1.55. The maximum absolute atomic E-state index is 5.78. The van der Waals surface area contributed by atoms with E-state index in [1.54, 1.807) is 0 Å². The number of furan rings is 1. The number of rotatable bonds is 5. The molecule has 2 heterocycles. The summed E-state index contributed by atoms with van der Waals surface area (Å²) in [5, 5.41) is 7.55. The van der Waals surface area contributed by atoms with Gasteiger partial charge in [0.05, 0.1) is 12.2 Å². The lowest BCUT2D eigenvalue weighted by molar-refractivity contribution is 0.434. The summed E-state index contributed by atoms with van der Waals surface area (Å²) in [6.07, 6.45) is 4.86. The highest BCUT2D eigenvalue weighted by Gasteiger charge is 2.17. The van der Waals surface area contributed by atoms with Crippen LogP contribution in [-0.2, 0) is 13.0 Å². The van der Waals surface area contributed by atoms with Crippen molar-refractivity contribution in [2.45, 2.75) is 32.9 Å². The molecule has 0 aliphatic rings. The maximum atomic E-state index is 5.78. The van der Waals surface area contributed by atoms with Gasteiger partial charge in [0.25, 0.3) is 0 Å². The van der Waals surface area contributed by atoms with Crippen molar-refractivity contribution in [1.29, 1.82) is 0 Å². The summed E-state index contributed by atoms with van der Waals surface area (Å²) in [6, 6.07) is 4.14. The molecule has 1 N–H and O–H groups in total. The number of aromatic nitrogens is 2. The van der Waals surface area contributed by atoms with Gasteiger partial charge in [0.15, 0.2) is 0 Å². The maximum Gasteiger partial charge on any atom is 0.125 e. The quantitative estimate of drug-likeness (QED) is 0.862. The van der Waals surface area contributed by atoms with Crippen LogP contribution in [0.2, 0.25) is 0 Å². The zero-order valence-corrected chi connectivity index (χ0v) is 10.6. The molecule has 92 valence electrons. The number of aryl methyl sites for hydroxylation is 2. The van der Waals surface area contributed by atoms with Gasteiger partial charge < -0.3 is 9.73 Å². The van der Waals surface area contributed by atoms with Crippen LogP contribution in [0, 0.1) is 0 Å². The predicted molar refractivity (Wildman–Crippen MR) is 66.9 cm³/mol. The number of nitrogens with one attached hydrogen (secondary N) is 1. The predicted octanol–water partition coefficient (Wildman–Crippen LogP) is 2.37. The van der Waals surface area contributed by atoms with Crippen LogP contribution in [-0.4, -0.2) is 16.8 Å². The van der Waals surface area contributed by atoms with E-state index < -0.39 is 0 Å². The molecular formula is C13H19N3O. The molecule has 1 unspecified atom stereocenters. The molecule has 0 bridgehead atoms. The van der Waals surface area contributed by atoms with Crippen molar-refractivity contribution in [3.63, 3.8) is 0 Å². The Bertz CT molecular complexity index is 430. The zero-order valence-electron chi connectivity index (χ0n) is 10.6. The Morgan fingerprint density at radius 1 is 1.41 bits per heavy atom. The van der Waals surface area contributed by atoms with E-state index in [0.29, 0.717) is 0 Å². The van der Waals surface area contributed by atoms with E-state index in [4.69, 9.17) is 4.42 Å². The van der Waals surface area contributed by atoms with E-state index in [9.17, 15) is 0 Å². The Balaban J connectivity index is 2.26. The second kappa shape index (κ2) is 5.19. The first-order chi connectivity index (χ1) is 8.28. The Kier molecular flexibility index (Phi) is 3.64. The number of nitrogens with zero attached hydrogens (tertiary/aromatic N) is 2. The van der Waals surface area contributed by atoms with Crippen molar-refractivity contribution in [3.05, 3.63) is 41.6 Å². The molecule has 0 saturated carbocycles. The first-order valence-corrected chi connectivity index (χ1v) is 6.06. The fourth-order valence-corrected chi connectivity index (χ4v) is 1.91. The van der Waals surface area contributed by atoms with Crippen LogP contribution in [0.4, 0.5) is 0 Å². The van der Waals surface area contributed by atoms with Gasteiger partial charge in [-0.25, -0.2) is 0 Å². The second-order valence-corrected chi connectivity index (χ2v) is 4.01. The van der Waals surface area contributed by atoms with E-state index in [0.717, 1.165) is 30.0 Å². The van der Waals surface area contributed by atoms with Gasteiger partial charge in [-0.15, -0.1) is 0 Å². The third-order valence-corrected chi connectivity index (χ3v) is 2.91. The van der Waals surface area contributed by atoms with Crippen LogP contribution < -0.4 is 5.32 Å². The van der Waals surface area contributed by atoms with Gasteiger partial charge in [0.2, 0.25) is 0 Å². The average molecular weight is 233 g/mol. The topological polar surface area (TPSA) is 43.0 Å². The average Bonchev–Trinajstić information content (AvgIpc) is 2.99. The van der Waals surface area contributed by atoms with E-state index in [2.05, 4.69) is 30.5 Å². The first kappa shape index (κ1) is 11.9. The zero-order chi connectivity index (χ0) is 12.3. The van der Waals surface area contributed by atoms with Crippen molar-refractivity contribution in [1.82, 2.24) is 15.1 Å². The van der Waals surface area contributed by atoms with E-state index in [1.807, 2.05) is 30.1 Å². The molecule has 2 aromatic rings. The smallest absolute Gasteiger partial charge is 0.125 e. The van der Waals surface area contributed by atoms with Gasteiger partial charge >= 0.3 is 0 Å². The van der Waals surface area contributed by atoms with Crippen molar-refractivity contribution < 1.29 is 4.42 Å². The van der Waals surface area contributed by atoms with Gasteiger partial charge in [-0.2, -0.15) is 5.10 Å². The van der Waals surface area contributed by atoms with Crippen molar-refractivity contribution >= 4 is 0 Å². The molecular weight excluding hydrogens is 214 g/mol. The minimum atomic E-state index is 0.0793. The van der Waals surface area contributed by atoms with Crippen molar-refractivity contribution in [2.75, 3.05) is 7.05 Å². The Labute approximate surface area is 102 Å². The summed E-state index contributed by atoms with van der Waals surface area (Å²) in [6.45, 7) is 5.05. The summed E-state index contributed by atoms with van der Waals surface area (Å²) in [5.74, 6) is 1.96. The molecule has 4 heteroatoms. The van der Waals surface area contributed by atoms with Crippen LogP contribution >= 0.6 is 0 Å². The highest BCUT2D eigenvalue weighted by molar-refractivity contribution is 5.23. The summed E-state index contributed by atoms with van der Waals surface area (Å²) >= 11 is 0. The minimum Gasteiger partial charge on any atom is -0.464 e. The summed E-state index contributed by atoms with van der Waals surface area (Å²) < 4.78 is 7.70. The molecule has 2 aromatic heterocycles. The molecule has 0 aromatic carbocycles. The van der Waals surface area contributed by atoms with Gasteiger partial charge in [-0.05, 0) is 26.1 Å². The largest absolute Gasteiger partial charge is 0.464 e. The lowest BCUT2D eigenvalue weighted by Crippen LogP contribution is -2.16. The first-order valence-electron chi connectivity index (χ1n) is 6.06. The van der Waals surface area contributed by atoms with E-state index in [1.165, 1.54) is 0 Å². The van der Waals surface area contributed by atoms with Crippen LogP contribution in [0.1, 0.15) is 37.0 Å². The standard InChI is InChI=1S/C13H19N3O/c1-4-11-6-7-12(17-11)13(14-3)10-8-15-16(5-2)9-10/h6-9,13-14H,4-5H2,1-3H3. The number of hydrogen-bond acceptors (Lipinski definition) is 3. The second-order valence-electron chi connectivity index (χ2n) is 4.01. The highest BCUT2D eigenvalue weighted by Crippen LogP contribution is 2.23. The lowest BCUT2D eigenvalue weighted by atomic mass is 10.1. The summed E-state index contributed by atoms with van der Waals surface area (Å²) in [5.41, 5.74) is 1.13. The highest BCUT2D eigenvalue weighted by atomic mass is 16.3. The summed E-state index contributed by atoms with van der Waals surface area (Å²) in [7, 11) is 1.93. The van der Waals surface area contributed by atoms with Crippen molar-refractivity contribution in [2.24, 2.45) is 0 Å². The minimum absolute atomic E-state index is 0.0793. The summed E-state index contributed by atoms with van der Waals surface area (Å²) in [4.78, 5) is 0. The van der Waals surface area contributed by atoms with Crippen LogP contribution in [0.15, 0.2) is 28.9 Å². The van der Waals surface area contributed by atoms with Crippen LogP contribution in [0.25, 0.3) is 0 Å². The molecule has 17 heavy (non-hydrogen) atoms. The molecule has 1 atom stereocenters. The van der Waals surface area contributed by atoms with Crippen molar-refractivity contribution in [3.8, 4) is 0 Å². The third-order valence-electron chi connectivity index (χ3n) is 2.91. The fourth-order valence-electron chi connectivity index (χ4n) is 1.91. The molecule has 0 saturated heterocycles. The molecule has 0 radical (unpaired) electrons. The molecule has 0 spiro atoms. The molecule has 0 amide bonds. The van der Waals surface area contributed by atoms with Crippen LogP contribution in [0.3, 0.4) is 0 Å². The van der Waals surface area contributed by atoms with Crippen LogP contribution in [0.5, 0.6) is 0 Å². The molecule has 0 fully saturated rings. The Morgan fingerprint density at radius 3 is 2.76 bits per heavy atom. The van der Waals surface area contributed by atoms with Gasteiger partial charge in [0, 0.05) is 24.7 Å². The van der Waals surface area contributed by atoms with Gasteiger partial charge in [-0.3, -0.25) is 4.68 Å².